The van der Waals surface area contributed by atoms with Crippen molar-refractivity contribution in [1.82, 2.24) is 0 Å². The van der Waals surface area contributed by atoms with Gasteiger partial charge in [-0.15, -0.1) is 0 Å². The monoisotopic (exact) mass is 211 g/mol. The predicted molar refractivity (Wildman–Crippen MR) is 59.5 cm³/mol. The summed E-state index contributed by atoms with van der Waals surface area (Å²) in [6, 6.07) is 4.84. The van der Waals surface area contributed by atoms with Gasteiger partial charge in [0.2, 0.25) is 0 Å². The minimum atomic E-state index is -0.324. The molecule has 0 aromatic heterocycles. The molecule has 1 aromatic rings. The summed E-state index contributed by atoms with van der Waals surface area (Å²) in [7, 11) is 0. The standard InChI is InChI=1S/C12H18FNO/c1-3-4-10(8-14)15-12-7-9(2)5-6-11(12)13/h5-7,10H,3-4,8,14H2,1-2H3. The number of halogens is 1. The summed E-state index contributed by atoms with van der Waals surface area (Å²) >= 11 is 0. The number of rotatable bonds is 5. The molecular weight excluding hydrogens is 193 g/mol. The molecule has 2 nitrogen and oxygen atoms in total. The van der Waals surface area contributed by atoms with Crippen LogP contribution in [0.15, 0.2) is 18.2 Å². The molecule has 0 saturated heterocycles. The van der Waals surface area contributed by atoms with Crippen LogP contribution in [0.4, 0.5) is 4.39 Å². The van der Waals surface area contributed by atoms with Gasteiger partial charge in [0, 0.05) is 6.54 Å². The first-order valence-electron chi connectivity index (χ1n) is 5.30. The smallest absolute Gasteiger partial charge is 0.165 e. The van der Waals surface area contributed by atoms with Crippen LogP contribution >= 0.6 is 0 Å². The van der Waals surface area contributed by atoms with E-state index in [1.54, 1.807) is 12.1 Å². The number of benzene rings is 1. The molecule has 3 heteroatoms. The van der Waals surface area contributed by atoms with E-state index in [1.807, 2.05) is 6.92 Å². The normalized spacial score (nSPS) is 12.5. The first kappa shape index (κ1) is 12.0. The van der Waals surface area contributed by atoms with Gasteiger partial charge >= 0.3 is 0 Å². The van der Waals surface area contributed by atoms with Crippen LogP contribution in [0.1, 0.15) is 25.3 Å². The third-order valence-electron chi connectivity index (χ3n) is 2.25. The molecule has 0 radical (unpaired) electrons. The highest BCUT2D eigenvalue weighted by Gasteiger charge is 2.10. The van der Waals surface area contributed by atoms with Gasteiger partial charge in [0.25, 0.3) is 0 Å². The Hall–Kier alpha value is -1.09. The molecule has 1 atom stereocenters. The van der Waals surface area contributed by atoms with E-state index >= 15 is 0 Å². The summed E-state index contributed by atoms with van der Waals surface area (Å²) in [4.78, 5) is 0. The van der Waals surface area contributed by atoms with Gasteiger partial charge < -0.3 is 10.5 Å². The van der Waals surface area contributed by atoms with E-state index in [-0.39, 0.29) is 11.9 Å². The summed E-state index contributed by atoms with van der Waals surface area (Å²) < 4.78 is 18.9. The van der Waals surface area contributed by atoms with Crippen molar-refractivity contribution in [2.45, 2.75) is 32.8 Å². The molecular formula is C12H18FNO. The van der Waals surface area contributed by atoms with Crippen molar-refractivity contribution >= 4 is 0 Å². The van der Waals surface area contributed by atoms with Crippen LogP contribution in [-0.2, 0) is 0 Å². The van der Waals surface area contributed by atoms with Crippen molar-refractivity contribution in [2.24, 2.45) is 5.73 Å². The predicted octanol–water partition coefficient (Wildman–Crippen LogP) is 2.64. The Morgan fingerprint density at radius 3 is 2.80 bits per heavy atom. The van der Waals surface area contributed by atoms with Gasteiger partial charge in [0.15, 0.2) is 11.6 Å². The van der Waals surface area contributed by atoms with Gasteiger partial charge in [-0.3, -0.25) is 0 Å². The number of aryl methyl sites for hydroxylation is 1. The topological polar surface area (TPSA) is 35.2 Å². The Morgan fingerprint density at radius 1 is 1.47 bits per heavy atom. The SMILES string of the molecule is CCCC(CN)Oc1cc(C)ccc1F. The van der Waals surface area contributed by atoms with Crippen LogP contribution in [0.5, 0.6) is 5.75 Å². The van der Waals surface area contributed by atoms with Crippen LogP contribution in [0.25, 0.3) is 0 Å². The lowest BCUT2D eigenvalue weighted by atomic mass is 10.2. The lowest BCUT2D eigenvalue weighted by Gasteiger charge is -2.17. The number of ether oxygens (including phenoxy) is 1. The molecule has 1 rings (SSSR count). The lowest BCUT2D eigenvalue weighted by Crippen LogP contribution is -2.26. The Bertz CT molecular complexity index is 314. The summed E-state index contributed by atoms with van der Waals surface area (Å²) in [5, 5.41) is 0. The Kier molecular flexibility index (Phi) is 4.56. The van der Waals surface area contributed by atoms with Gasteiger partial charge in [0.05, 0.1) is 0 Å². The molecule has 0 aliphatic heterocycles. The molecule has 0 bridgehead atoms. The zero-order valence-electron chi connectivity index (χ0n) is 9.29. The van der Waals surface area contributed by atoms with Crippen molar-refractivity contribution in [3.8, 4) is 5.75 Å². The van der Waals surface area contributed by atoms with E-state index in [2.05, 4.69) is 6.92 Å². The van der Waals surface area contributed by atoms with E-state index in [0.717, 1.165) is 18.4 Å². The number of hydrogen-bond donors (Lipinski definition) is 1. The molecule has 84 valence electrons. The summed E-state index contributed by atoms with van der Waals surface area (Å²) in [5.74, 6) is -0.0194. The summed E-state index contributed by atoms with van der Waals surface area (Å²) in [5.41, 5.74) is 6.53. The maximum Gasteiger partial charge on any atom is 0.165 e. The molecule has 0 aliphatic carbocycles. The van der Waals surface area contributed by atoms with Gasteiger partial charge in [-0.05, 0) is 31.0 Å². The van der Waals surface area contributed by atoms with Crippen molar-refractivity contribution in [3.63, 3.8) is 0 Å². The molecule has 15 heavy (non-hydrogen) atoms. The molecule has 1 aromatic carbocycles. The van der Waals surface area contributed by atoms with Crippen molar-refractivity contribution in [3.05, 3.63) is 29.6 Å². The highest BCUT2D eigenvalue weighted by atomic mass is 19.1. The van der Waals surface area contributed by atoms with Crippen molar-refractivity contribution in [1.29, 1.82) is 0 Å². The summed E-state index contributed by atoms with van der Waals surface area (Å²) in [6.07, 6.45) is 1.74. The molecule has 2 N–H and O–H groups in total. The van der Waals surface area contributed by atoms with Gasteiger partial charge in [-0.25, -0.2) is 4.39 Å². The van der Waals surface area contributed by atoms with Gasteiger partial charge in [-0.1, -0.05) is 19.4 Å². The Balaban J connectivity index is 2.73. The molecule has 0 aliphatic rings. The van der Waals surface area contributed by atoms with Crippen LogP contribution in [0.3, 0.4) is 0 Å². The largest absolute Gasteiger partial charge is 0.486 e. The fraction of sp³-hybridized carbons (Fsp3) is 0.500. The van der Waals surface area contributed by atoms with E-state index in [0.29, 0.717) is 12.3 Å². The van der Waals surface area contributed by atoms with E-state index in [4.69, 9.17) is 10.5 Å². The first-order valence-corrected chi connectivity index (χ1v) is 5.30. The molecule has 0 amide bonds. The van der Waals surface area contributed by atoms with E-state index in [1.165, 1.54) is 6.07 Å². The minimum Gasteiger partial charge on any atom is -0.486 e. The second-order valence-electron chi connectivity index (χ2n) is 3.70. The minimum absolute atomic E-state index is 0.0914. The summed E-state index contributed by atoms with van der Waals surface area (Å²) in [6.45, 7) is 4.38. The second-order valence-corrected chi connectivity index (χ2v) is 3.70. The fourth-order valence-corrected chi connectivity index (χ4v) is 1.43. The van der Waals surface area contributed by atoms with Crippen molar-refractivity contribution < 1.29 is 9.13 Å². The highest BCUT2D eigenvalue weighted by molar-refractivity contribution is 5.29. The maximum atomic E-state index is 13.3. The van der Waals surface area contributed by atoms with Crippen LogP contribution in [0, 0.1) is 12.7 Å². The third-order valence-corrected chi connectivity index (χ3v) is 2.25. The van der Waals surface area contributed by atoms with Crippen LogP contribution in [0.2, 0.25) is 0 Å². The van der Waals surface area contributed by atoms with Crippen molar-refractivity contribution in [2.75, 3.05) is 6.54 Å². The first-order chi connectivity index (χ1) is 7.17. The average Bonchev–Trinajstić information content (AvgIpc) is 2.22. The number of hydrogen-bond acceptors (Lipinski definition) is 2. The molecule has 0 fully saturated rings. The molecule has 0 heterocycles. The quantitative estimate of drug-likeness (QED) is 0.812. The Labute approximate surface area is 90.2 Å². The average molecular weight is 211 g/mol. The molecule has 1 unspecified atom stereocenters. The zero-order valence-corrected chi connectivity index (χ0v) is 9.29. The van der Waals surface area contributed by atoms with Crippen LogP contribution in [-0.4, -0.2) is 12.6 Å². The lowest BCUT2D eigenvalue weighted by molar-refractivity contribution is 0.189. The molecule has 0 saturated carbocycles. The molecule has 0 spiro atoms. The van der Waals surface area contributed by atoms with E-state index in [9.17, 15) is 4.39 Å². The van der Waals surface area contributed by atoms with E-state index < -0.39 is 0 Å². The highest BCUT2D eigenvalue weighted by Crippen LogP contribution is 2.20. The third kappa shape index (κ3) is 3.51. The second kappa shape index (κ2) is 5.71. The number of nitrogens with two attached hydrogens (primary N) is 1. The fourth-order valence-electron chi connectivity index (χ4n) is 1.43. The maximum absolute atomic E-state index is 13.3. The van der Waals surface area contributed by atoms with Gasteiger partial charge in [0.1, 0.15) is 6.10 Å². The zero-order chi connectivity index (χ0) is 11.3. The van der Waals surface area contributed by atoms with Crippen LogP contribution < -0.4 is 10.5 Å². The van der Waals surface area contributed by atoms with Gasteiger partial charge in [-0.2, -0.15) is 0 Å². The Morgan fingerprint density at radius 2 is 2.20 bits per heavy atom.